The summed E-state index contributed by atoms with van der Waals surface area (Å²) in [5, 5.41) is 12.2. The van der Waals surface area contributed by atoms with Crippen LogP contribution in [0.2, 0.25) is 0 Å². The van der Waals surface area contributed by atoms with Gasteiger partial charge in [-0.15, -0.1) is 13.2 Å². The lowest BCUT2D eigenvalue weighted by Gasteiger charge is -2.30. The number of carboxylic acids is 1. The van der Waals surface area contributed by atoms with E-state index in [0.717, 1.165) is 11.1 Å². The number of anilines is 1. The van der Waals surface area contributed by atoms with Crippen molar-refractivity contribution in [1.82, 2.24) is 9.88 Å². The molecule has 36 heavy (non-hydrogen) atoms. The molecule has 1 amide bonds. The first-order valence-electron chi connectivity index (χ1n) is 11.3. The average Bonchev–Trinajstić information content (AvgIpc) is 2.87. The van der Waals surface area contributed by atoms with E-state index in [4.69, 9.17) is 5.11 Å². The van der Waals surface area contributed by atoms with E-state index in [1.165, 1.54) is 18.2 Å². The molecule has 0 bridgehead atoms. The Hall–Kier alpha value is -4.08. The average molecular weight is 499 g/mol. The Morgan fingerprint density at radius 1 is 1.03 bits per heavy atom. The highest BCUT2D eigenvalue weighted by Crippen LogP contribution is 2.25. The number of carbonyl (C=O) groups excluding carboxylic acids is 1. The summed E-state index contributed by atoms with van der Waals surface area (Å²) in [4.78, 5) is 29.9. The molecule has 7 nitrogen and oxygen atoms in total. The zero-order valence-electron chi connectivity index (χ0n) is 19.2. The second-order valence-electron chi connectivity index (χ2n) is 8.46. The maximum atomic E-state index is 12.7. The molecule has 1 aliphatic rings. The topological polar surface area (TPSA) is 91.8 Å². The zero-order chi connectivity index (χ0) is 25.7. The number of hydrogen-bond donors (Lipinski definition) is 2. The molecule has 1 aliphatic heterocycles. The van der Waals surface area contributed by atoms with Crippen molar-refractivity contribution in [3.05, 3.63) is 78.0 Å². The van der Waals surface area contributed by atoms with E-state index in [-0.39, 0.29) is 18.2 Å². The lowest BCUT2D eigenvalue weighted by molar-refractivity contribution is -0.274. The van der Waals surface area contributed by atoms with Crippen LogP contribution in [0.5, 0.6) is 5.75 Å². The predicted molar refractivity (Wildman–Crippen MR) is 126 cm³/mol. The van der Waals surface area contributed by atoms with Crippen molar-refractivity contribution in [3.8, 4) is 16.9 Å². The number of hydrogen-bond acceptors (Lipinski definition) is 5. The van der Waals surface area contributed by atoms with E-state index in [1.54, 1.807) is 35.4 Å². The van der Waals surface area contributed by atoms with Crippen molar-refractivity contribution in [2.45, 2.75) is 25.7 Å². The third kappa shape index (κ3) is 6.53. The van der Waals surface area contributed by atoms with Crippen LogP contribution in [0.3, 0.4) is 0 Å². The van der Waals surface area contributed by atoms with Gasteiger partial charge in [0, 0.05) is 37.0 Å². The zero-order valence-corrected chi connectivity index (χ0v) is 19.2. The van der Waals surface area contributed by atoms with Crippen molar-refractivity contribution >= 4 is 17.7 Å². The van der Waals surface area contributed by atoms with Gasteiger partial charge in [0.1, 0.15) is 11.6 Å². The first kappa shape index (κ1) is 25.0. The fourth-order valence-electron chi connectivity index (χ4n) is 4.03. The first-order chi connectivity index (χ1) is 17.2. The molecule has 0 saturated carbocycles. The fraction of sp³-hybridized carbons (Fsp3) is 0.269. The molecule has 0 aliphatic carbocycles. The molecule has 0 spiro atoms. The summed E-state index contributed by atoms with van der Waals surface area (Å²) in [5.41, 5.74) is 2.85. The molecule has 0 unspecified atom stereocenters. The number of carboxylic acid groups (broad SMARTS) is 1. The molecule has 4 rings (SSSR count). The molecule has 0 atom stereocenters. The van der Waals surface area contributed by atoms with E-state index >= 15 is 0 Å². The Kier molecular flexibility index (Phi) is 7.42. The van der Waals surface area contributed by atoms with Gasteiger partial charge < -0.3 is 20.1 Å². The summed E-state index contributed by atoms with van der Waals surface area (Å²) in [6.07, 6.45) is -2.16. The molecule has 2 aromatic carbocycles. The monoisotopic (exact) mass is 499 g/mol. The number of benzene rings is 2. The molecule has 188 valence electrons. The second-order valence-corrected chi connectivity index (χ2v) is 8.46. The highest BCUT2D eigenvalue weighted by molar-refractivity contribution is 5.95. The van der Waals surface area contributed by atoms with Gasteiger partial charge in [-0.1, -0.05) is 24.3 Å². The van der Waals surface area contributed by atoms with Crippen LogP contribution >= 0.6 is 0 Å². The van der Waals surface area contributed by atoms with Crippen LogP contribution in [0.25, 0.3) is 11.1 Å². The molecular weight excluding hydrogens is 475 g/mol. The Morgan fingerprint density at radius 3 is 2.33 bits per heavy atom. The number of halogens is 3. The number of aliphatic carboxylic acids is 1. The minimum absolute atomic E-state index is 0.118. The first-order valence-corrected chi connectivity index (χ1v) is 11.3. The van der Waals surface area contributed by atoms with Crippen LogP contribution < -0.4 is 10.1 Å². The van der Waals surface area contributed by atoms with Crippen LogP contribution in [-0.2, 0) is 11.3 Å². The summed E-state index contributed by atoms with van der Waals surface area (Å²) in [6.45, 7) is 1.12. The van der Waals surface area contributed by atoms with Gasteiger partial charge in [-0.2, -0.15) is 0 Å². The largest absolute Gasteiger partial charge is 0.573 e. The van der Waals surface area contributed by atoms with Crippen LogP contribution in [0, 0.1) is 5.92 Å². The van der Waals surface area contributed by atoms with Crippen LogP contribution in [0.1, 0.15) is 28.8 Å². The third-order valence-electron chi connectivity index (χ3n) is 5.97. The summed E-state index contributed by atoms with van der Waals surface area (Å²) < 4.78 is 41.1. The number of nitrogens with one attached hydrogen (secondary N) is 1. The molecule has 0 radical (unpaired) electrons. The quantitative estimate of drug-likeness (QED) is 0.465. The standard InChI is InChI=1S/C26H24F3N3O4/c27-26(28,29)36-22-3-1-2-17(14-22)15-30-23-9-8-21(16-31-23)18-4-6-19(7-5-18)24(33)32-12-10-20(11-13-32)25(34)35/h1-9,14,16,20H,10-13,15H2,(H,30,31)(H,34,35). The van der Waals surface area contributed by atoms with E-state index in [9.17, 15) is 22.8 Å². The fourth-order valence-corrected chi connectivity index (χ4v) is 4.03. The number of pyridine rings is 1. The van der Waals surface area contributed by atoms with E-state index in [2.05, 4.69) is 15.0 Å². The van der Waals surface area contributed by atoms with Crippen LogP contribution in [0.15, 0.2) is 66.9 Å². The minimum atomic E-state index is -4.74. The number of likely N-dealkylation sites (tertiary alicyclic amines) is 1. The maximum Gasteiger partial charge on any atom is 0.573 e. The van der Waals surface area contributed by atoms with Gasteiger partial charge in [0.2, 0.25) is 0 Å². The molecule has 10 heteroatoms. The molecule has 2 N–H and O–H groups in total. The Labute approximate surface area is 205 Å². The number of carbonyl (C=O) groups is 2. The SMILES string of the molecule is O=C(O)C1CCN(C(=O)c2ccc(-c3ccc(NCc4cccc(OC(F)(F)F)c4)nc3)cc2)CC1. The van der Waals surface area contributed by atoms with E-state index < -0.39 is 18.2 Å². The lowest BCUT2D eigenvalue weighted by atomic mass is 9.96. The predicted octanol–water partition coefficient (Wildman–Crippen LogP) is 5.20. The van der Waals surface area contributed by atoms with Crippen LogP contribution in [0.4, 0.5) is 19.0 Å². The van der Waals surface area contributed by atoms with Crippen molar-refractivity contribution in [2.24, 2.45) is 5.92 Å². The van der Waals surface area contributed by atoms with Gasteiger partial charge in [0.15, 0.2) is 0 Å². The smallest absolute Gasteiger partial charge is 0.481 e. The molecule has 1 aromatic heterocycles. The van der Waals surface area contributed by atoms with Crippen LogP contribution in [-0.4, -0.2) is 46.3 Å². The van der Waals surface area contributed by atoms with E-state index in [1.807, 2.05) is 18.2 Å². The number of amides is 1. The summed E-state index contributed by atoms with van der Waals surface area (Å²) in [7, 11) is 0. The lowest BCUT2D eigenvalue weighted by Crippen LogP contribution is -2.40. The number of alkyl halides is 3. The maximum absolute atomic E-state index is 12.7. The van der Waals surface area contributed by atoms with Gasteiger partial charge in [-0.3, -0.25) is 9.59 Å². The number of rotatable bonds is 7. The van der Waals surface area contributed by atoms with Gasteiger partial charge in [0.05, 0.1) is 5.92 Å². The number of nitrogens with zero attached hydrogens (tertiary/aromatic N) is 2. The van der Waals surface area contributed by atoms with Crippen molar-refractivity contribution in [2.75, 3.05) is 18.4 Å². The number of ether oxygens (including phenoxy) is 1. The van der Waals surface area contributed by atoms with Gasteiger partial charge in [0.25, 0.3) is 5.91 Å². The van der Waals surface area contributed by atoms with E-state index in [0.29, 0.717) is 42.9 Å². The minimum Gasteiger partial charge on any atom is -0.481 e. The number of piperidine rings is 1. The Balaban J connectivity index is 1.33. The van der Waals surface area contributed by atoms with Crippen molar-refractivity contribution in [3.63, 3.8) is 0 Å². The van der Waals surface area contributed by atoms with Crippen molar-refractivity contribution < 1.29 is 32.6 Å². The van der Waals surface area contributed by atoms with Gasteiger partial charge in [-0.25, -0.2) is 4.98 Å². The number of aromatic nitrogens is 1. The Bertz CT molecular complexity index is 1210. The summed E-state index contributed by atoms with van der Waals surface area (Å²) >= 11 is 0. The summed E-state index contributed by atoms with van der Waals surface area (Å²) in [6, 6.07) is 16.5. The molecular formula is C26H24F3N3O4. The Morgan fingerprint density at radius 2 is 1.72 bits per heavy atom. The highest BCUT2D eigenvalue weighted by atomic mass is 19.4. The molecule has 1 saturated heterocycles. The molecule has 1 fully saturated rings. The molecule has 2 heterocycles. The second kappa shape index (κ2) is 10.7. The third-order valence-corrected chi connectivity index (χ3v) is 5.97. The highest BCUT2D eigenvalue weighted by Gasteiger charge is 2.31. The molecule has 3 aromatic rings. The van der Waals surface area contributed by atoms with Gasteiger partial charge >= 0.3 is 12.3 Å². The van der Waals surface area contributed by atoms with Gasteiger partial charge in [-0.05, 0) is 60.4 Å². The summed E-state index contributed by atoms with van der Waals surface area (Å²) in [5.74, 6) is -1.05. The normalized spacial score (nSPS) is 14.4. The van der Waals surface area contributed by atoms with Crippen molar-refractivity contribution in [1.29, 1.82) is 0 Å².